The number of para-hydroxylation sites is 1. The zero-order valence-corrected chi connectivity index (χ0v) is 19.1. The number of thiocarbonyl (C=S) groups is 1. The maximum Gasteiger partial charge on any atom is 0.269 e. The molecule has 4 aromatic rings. The van der Waals surface area contributed by atoms with Gasteiger partial charge in [0.15, 0.2) is 0 Å². The van der Waals surface area contributed by atoms with Gasteiger partial charge in [0, 0.05) is 22.8 Å². The van der Waals surface area contributed by atoms with E-state index in [1.54, 1.807) is 24.3 Å². The van der Waals surface area contributed by atoms with Gasteiger partial charge in [-0.1, -0.05) is 42.5 Å². The normalized spacial score (nSPS) is 10.5. The van der Waals surface area contributed by atoms with Gasteiger partial charge in [-0.3, -0.25) is 4.79 Å². The van der Waals surface area contributed by atoms with Crippen molar-refractivity contribution in [3.05, 3.63) is 101 Å². The van der Waals surface area contributed by atoms with Gasteiger partial charge in [-0.2, -0.15) is 0 Å². The smallest absolute Gasteiger partial charge is 0.269 e. The highest BCUT2D eigenvalue weighted by molar-refractivity contribution is 9.10. The molecule has 0 unspecified atom stereocenters. The first-order valence-electron chi connectivity index (χ1n) is 9.61. The van der Waals surface area contributed by atoms with Crippen LogP contribution in [0.3, 0.4) is 0 Å². The lowest BCUT2D eigenvalue weighted by Crippen LogP contribution is -2.29. The van der Waals surface area contributed by atoms with Gasteiger partial charge in [0.2, 0.25) is 0 Å². The number of ether oxygens (including phenoxy) is 1. The van der Waals surface area contributed by atoms with Crippen LogP contribution in [0.1, 0.15) is 10.4 Å². The second-order valence-electron chi connectivity index (χ2n) is 6.92. The van der Waals surface area contributed by atoms with Crippen molar-refractivity contribution in [2.75, 3.05) is 17.3 Å². The van der Waals surface area contributed by atoms with Crippen LogP contribution in [0.4, 0.5) is 11.4 Å². The van der Waals surface area contributed by atoms with E-state index in [4.69, 9.17) is 17.0 Å². The summed E-state index contributed by atoms with van der Waals surface area (Å²) >= 11 is 8.90. The predicted octanol–water partition coefficient (Wildman–Crippen LogP) is 6.65. The number of nitrogens with zero attached hydrogens (tertiary/aromatic N) is 1. The van der Waals surface area contributed by atoms with Crippen LogP contribution < -0.4 is 15.0 Å². The van der Waals surface area contributed by atoms with Gasteiger partial charge in [0.25, 0.3) is 11.1 Å². The number of anilines is 2. The van der Waals surface area contributed by atoms with Crippen LogP contribution >= 0.6 is 28.1 Å². The molecule has 6 heteroatoms. The van der Waals surface area contributed by atoms with Crippen molar-refractivity contribution in [2.24, 2.45) is 0 Å². The van der Waals surface area contributed by atoms with Crippen molar-refractivity contribution in [1.82, 2.24) is 0 Å². The van der Waals surface area contributed by atoms with E-state index >= 15 is 0 Å². The fourth-order valence-corrected chi connectivity index (χ4v) is 3.68. The summed E-state index contributed by atoms with van der Waals surface area (Å²) in [5.74, 6) is 0.365. The minimum atomic E-state index is -0.200. The van der Waals surface area contributed by atoms with Gasteiger partial charge in [0.05, 0.1) is 5.69 Å². The molecule has 0 aliphatic rings. The zero-order chi connectivity index (χ0) is 21.8. The molecule has 4 aromatic carbocycles. The summed E-state index contributed by atoms with van der Waals surface area (Å²) in [6, 6.07) is 28.6. The summed E-state index contributed by atoms with van der Waals surface area (Å²) in [6.45, 7) is 0. The highest BCUT2D eigenvalue weighted by Crippen LogP contribution is 2.24. The fraction of sp³-hybridized carbons (Fsp3) is 0.0400. The summed E-state index contributed by atoms with van der Waals surface area (Å²) in [7, 11) is 1.87. The number of nitrogens with one attached hydrogen (secondary N) is 1. The predicted molar refractivity (Wildman–Crippen MR) is 134 cm³/mol. The third-order valence-electron chi connectivity index (χ3n) is 4.84. The Labute approximate surface area is 194 Å². The molecule has 1 amide bonds. The molecule has 0 heterocycles. The first-order valence-corrected chi connectivity index (χ1v) is 10.8. The lowest BCUT2D eigenvalue weighted by atomic mass is 10.1. The van der Waals surface area contributed by atoms with Crippen LogP contribution in [0.25, 0.3) is 10.8 Å². The van der Waals surface area contributed by atoms with E-state index in [9.17, 15) is 4.79 Å². The van der Waals surface area contributed by atoms with E-state index in [-0.39, 0.29) is 5.91 Å². The van der Waals surface area contributed by atoms with Crippen LogP contribution in [-0.2, 0) is 0 Å². The molecule has 0 saturated carbocycles. The Morgan fingerprint density at radius 1 is 0.903 bits per heavy atom. The third kappa shape index (κ3) is 4.93. The lowest BCUT2D eigenvalue weighted by Gasteiger charge is -2.20. The molecule has 0 spiro atoms. The Bertz CT molecular complexity index is 1260. The number of benzene rings is 4. The number of carbonyl (C=O) groups is 1. The summed E-state index contributed by atoms with van der Waals surface area (Å²) in [5.41, 5.74) is 2.18. The van der Waals surface area contributed by atoms with Crippen molar-refractivity contribution in [1.29, 1.82) is 0 Å². The second kappa shape index (κ2) is 9.29. The highest BCUT2D eigenvalue weighted by Gasteiger charge is 2.12. The van der Waals surface area contributed by atoms with E-state index in [0.717, 1.165) is 15.5 Å². The third-order valence-corrected chi connectivity index (χ3v) is 5.89. The van der Waals surface area contributed by atoms with Gasteiger partial charge >= 0.3 is 0 Å². The Morgan fingerprint density at radius 2 is 1.58 bits per heavy atom. The largest absolute Gasteiger partial charge is 0.432 e. The fourth-order valence-electron chi connectivity index (χ4n) is 3.09. The number of rotatable bonds is 4. The molecule has 4 rings (SSSR count). The summed E-state index contributed by atoms with van der Waals surface area (Å²) in [4.78, 5) is 14.3. The van der Waals surface area contributed by atoms with Crippen LogP contribution in [0.5, 0.6) is 5.75 Å². The lowest BCUT2D eigenvalue weighted by molar-refractivity contribution is 0.102. The van der Waals surface area contributed by atoms with Crippen molar-refractivity contribution < 1.29 is 9.53 Å². The van der Waals surface area contributed by atoms with Gasteiger partial charge in [-0.15, -0.1) is 0 Å². The van der Waals surface area contributed by atoms with Gasteiger partial charge in [0.1, 0.15) is 5.75 Å². The van der Waals surface area contributed by atoms with E-state index < -0.39 is 0 Å². The first-order chi connectivity index (χ1) is 15.0. The molecule has 0 saturated heterocycles. The first kappa shape index (κ1) is 21.0. The molecule has 0 radical (unpaired) electrons. The molecular formula is C25H19BrN2O2S. The van der Waals surface area contributed by atoms with E-state index in [1.165, 1.54) is 5.39 Å². The van der Waals surface area contributed by atoms with E-state index in [2.05, 4.69) is 45.5 Å². The number of carbonyl (C=O) groups excluding carboxylic acids is 1. The standard InChI is InChI=1S/C25H19BrN2O2S/c1-28(20-13-10-17-6-2-3-7-19(17)16-20)25(31)30-21-14-11-18(12-15-21)24(29)27-23-9-5-4-8-22(23)26/h2-16H,1H3,(H,27,29). The number of amides is 1. The topological polar surface area (TPSA) is 41.6 Å². The van der Waals surface area contributed by atoms with Gasteiger partial charge in [-0.25, -0.2) is 0 Å². The molecule has 31 heavy (non-hydrogen) atoms. The summed E-state index contributed by atoms with van der Waals surface area (Å²) in [6.07, 6.45) is 0. The van der Waals surface area contributed by atoms with Crippen molar-refractivity contribution in [2.45, 2.75) is 0 Å². The molecule has 0 aromatic heterocycles. The molecule has 0 bridgehead atoms. The highest BCUT2D eigenvalue weighted by atomic mass is 79.9. The minimum absolute atomic E-state index is 0.200. The molecule has 0 atom stereocenters. The molecular weight excluding hydrogens is 472 g/mol. The van der Waals surface area contributed by atoms with Gasteiger partial charge in [-0.05, 0) is 87.5 Å². The zero-order valence-electron chi connectivity index (χ0n) is 16.7. The Hall–Kier alpha value is -3.22. The average Bonchev–Trinajstić information content (AvgIpc) is 2.80. The summed E-state index contributed by atoms with van der Waals surface area (Å²) < 4.78 is 6.66. The number of hydrogen-bond acceptors (Lipinski definition) is 3. The SMILES string of the molecule is CN(C(=S)Oc1ccc(C(=O)Nc2ccccc2Br)cc1)c1ccc2ccccc2c1. The second-order valence-corrected chi connectivity index (χ2v) is 8.12. The minimum Gasteiger partial charge on any atom is -0.432 e. The van der Waals surface area contributed by atoms with Gasteiger partial charge < -0.3 is 15.0 Å². The van der Waals surface area contributed by atoms with E-state index in [1.807, 2.05) is 54.4 Å². The summed E-state index contributed by atoms with van der Waals surface area (Å²) in [5, 5.41) is 5.50. The van der Waals surface area contributed by atoms with Crippen LogP contribution in [-0.4, -0.2) is 18.1 Å². The number of hydrogen-bond donors (Lipinski definition) is 1. The molecule has 154 valence electrons. The van der Waals surface area contributed by atoms with Crippen molar-refractivity contribution >= 4 is 61.4 Å². The van der Waals surface area contributed by atoms with Crippen molar-refractivity contribution in [3.63, 3.8) is 0 Å². The monoisotopic (exact) mass is 490 g/mol. The van der Waals surface area contributed by atoms with Crippen LogP contribution in [0.2, 0.25) is 0 Å². The van der Waals surface area contributed by atoms with E-state index in [0.29, 0.717) is 22.2 Å². The number of fused-ring (bicyclic) bond motifs is 1. The van der Waals surface area contributed by atoms with Crippen LogP contribution in [0, 0.1) is 0 Å². The van der Waals surface area contributed by atoms with Crippen LogP contribution in [0.15, 0.2) is 95.5 Å². The Morgan fingerprint density at radius 3 is 2.32 bits per heavy atom. The molecule has 4 nitrogen and oxygen atoms in total. The quantitative estimate of drug-likeness (QED) is 0.325. The molecule has 0 aliphatic heterocycles. The Kier molecular flexibility index (Phi) is 6.30. The maximum absolute atomic E-state index is 12.5. The molecule has 0 fully saturated rings. The number of halogens is 1. The molecule has 0 aliphatic carbocycles. The average molecular weight is 491 g/mol. The Balaban J connectivity index is 1.42. The maximum atomic E-state index is 12.5. The molecule has 1 N–H and O–H groups in total. The van der Waals surface area contributed by atoms with Crippen molar-refractivity contribution in [3.8, 4) is 5.75 Å².